The Morgan fingerprint density at radius 2 is 1.61 bits per heavy atom. The molecule has 1 unspecified atom stereocenters. The van der Waals surface area contributed by atoms with Crippen molar-refractivity contribution in [3.8, 4) is 11.1 Å². The molecule has 2 aliphatic rings. The van der Waals surface area contributed by atoms with Crippen LogP contribution in [-0.2, 0) is 14.3 Å². The number of hydrogen-bond donors (Lipinski definition) is 3. The third-order valence-corrected chi connectivity index (χ3v) is 6.34. The van der Waals surface area contributed by atoms with E-state index in [1.165, 1.54) is 22.3 Å². The van der Waals surface area contributed by atoms with Crippen molar-refractivity contribution in [3.05, 3.63) is 59.7 Å². The van der Waals surface area contributed by atoms with Crippen LogP contribution in [0.3, 0.4) is 0 Å². The van der Waals surface area contributed by atoms with Crippen LogP contribution in [0.5, 0.6) is 0 Å². The average Bonchev–Trinajstić information content (AvgIpc) is 3.57. The monoisotopic (exact) mass is 450 g/mol. The van der Waals surface area contributed by atoms with Gasteiger partial charge in [0, 0.05) is 18.9 Å². The summed E-state index contributed by atoms with van der Waals surface area (Å²) in [5, 5.41) is 14.6. The number of unbranched alkanes of at least 4 members (excludes halogenated alkanes) is 1. The fourth-order valence-corrected chi connectivity index (χ4v) is 4.43. The molecule has 33 heavy (non-hydrogen) atoms. The van der Waals surface area contributed by atoms with E-state index in [9.17, 15) is 19.5 Å². The number of rotatable bonds is 11. The fraction of sp³-hybridized carbons (Fsp3) is 0.423. The maximum Gasteiger partial charge on any atom is 0.407 e. The maximum atomic E-state index is 12.2. The normalized spacial score (nSPS) is 15.3. The number of alkyl carbamates (subject to hydrolysis) is 1. The van der Waals surface area contributed by atoms with E-state index < -0.39 is 18.1 Å². The molecule has 2 amide bonds. The van der Waals surface area contributed by atoms with Crippen molar-refractivity contribution in [2.75, 3.05) is 13.2 Å². The van der Waals surface area contributed by atoms with Gasteiger partial charge in [-0.3, -0.25) is 4.79 Å². The highest BCUT2D eigenvalue weighted by Gasteiger charge is 2.30. The molecule has 2 aromatic rings. The quantitative estimate of drug-likeness (QED) is 0.448. The van der Waals surface area contributed by atoms with Gasteiger partial charge in [0.25, 0.3) is 0 Å². The Morgan fingerprint density at radius 3 is 2.21 bits per heavy atom. The number of nitrogens with one attached hydrogen (secondary N) is 2. The lowest BCUT2D eigenvalue weighted by molar-refractivity contribution is -0.142. The molecule has 1 atom stereocenters. The van der Waals surface area contributed by atoms with Crippen molar-refractivity contribution < 1.29 is 24.2 Å². The number of carboxylic acids is 1. The van der Waals surface area contributed by atoms with Crippen molar-refractivity contribution in [2.24, 2.45) is 5.92 Å². The zero-order chi connectivity index (χ0) is 23.2. The van der Waals surface area contributed by atoms with Gasteiger partial charge >= 0.3 is 12.1 Å². The van der Waals surface area contributed by atoms with Gasteiger partial charge in [0.1, 0.15) is 12.6 Å². The zero-order valence-electron chi connectivity index (χ0n) is 18.6. The van der Waals surface area contributed by atoms with Crippen molar-refractivity contribution >= 4 is 18.0 Å². The summed E-state index contributed by atoms with van der Waals surface area (Å²) in [6.45, 7) is 0.661. The molecule has 0 aliphatic heterocycles. The summed E-state index contributed by atoms with van der Waals surface area (Å²) in [4.78, 5) is 35.5. The van der Waals surface area contributed by atoms with Gasteiger partial charge < -0.3 is 20.5 Å². The highest BCUT2D eigenvalue weighted by Crippen LogP contribution is 2.44. The Bertz CT molecular complexity index is 972. The van der Waals surface area contributed by atoms with Crippen LogP contribution in [0, 0.1) is 5.92 Å². The van der Waals surface area contributed by atoms with Gasteiger partial charge in [0.05, 0.1) is 0 Å². The summed E-state index contributed by atoms with van der Waals surface area (Å²) in [6, 6.07) is 15.6. The van der Waals surface area contributed by atoms with E-state index in [0.717, 1.165) is 12.8 Å². The Kier molecular flexibility index (Phi) is 7.27. The van der Waals surface area contributed by atoms with E-state index >= 15 is 0 Å². The largest absolute Gasteiger partial charge is 0.480 e. The summed E-state index contributed by atoms with van der Waals surface area (Å²) < 4.78 is 5.49. The van der Waals surface area contributed by atoms with Gasteiger partial charge in [0.15, 0.2) is 0 Å². The molecule has 2 aromatic carbocycles. The van der Waals surface area contributed by atoms with Gasteiger partial charge in [-0.25, -0.2) is 9.59 Å². The summed E-state index contributed by atoms with van der Waals surface area (Å²) in [5.74, 6) is -0.797. The second kappa shape index (κ2) is 10.5. The van der Waals surface area contributed by atoms with Crippen LogP contribution in [0.4, 0.5) is 4.79 Å². The first-order chi connectivity index (χ1) is 16.0. The minimum absolute atomic E-state index is 0.0182. The highest BCUT2D eigenvalue weighted by molar-refractivity contribution is 5.83. The predicted molar refractivity (Wildman–Crippen MR) is 124 cm³/mol. The smallest absolute Gasteiger partial charge is 0.407 e. The number of hydrogen-bond acceptors (Lipinski definition) is 4. The lowest BCUT2D eigenvalue weighted by Crippen LogP contribution is -2.41. The predicted octanol–water partition coefficient (Wildman–Crippen LogP) is 4.06. The third kappa shape index (κ3) is 5.92. The lowest BCUT2D eigenvalue weighted by atomic mass is 9.98. The minimum Gasteiger partial charge on any atom is -0.480 e. The first kappa shape index (κ1) is 22.8. The Hall–Kier alpha value is -3.35. The first-order valence-corrected chi connectivity index (χ1v) is 11.6. The van der Waals surface area contributed by atoms with Crippen LogP contribution >= 0.6 is 0 Å². The van der Waals surface area contributed by atoms with Gasteiger partial charge in [-0.05, 0) is 47.4 Å². The van der Waals surface area contributed by atoms with Crippen LogP contribution in [0.25, 0.3) is 11.1 Å². The van der Waals surface area contributed by atoms with Crippen LogP contribution in [-0.4, -0.2) is 42.3 Å². The van der Waals surface area contributed by atoms with E-state index in [0.29, 0.717) is 31.7 Å². The van der Waals surface area contributed by atoms with E-state index in [2.05, 4.69) is 34.9 Å². The molecule has 7 nitrogen and oxygen atoms in total. The third-order valence-electron chi connectivity index (χ3n) is 6.34. The number of carboxylic acid groups (broad SMARTS) is 1. The van der Waals surface area contributed by atoms with Crippen molar-refractivity contribution in [3.63, 3.8) is 0 Å². The van der Waals surface area contributed by atoms with Crippen LogP contribution < -0.4 is 10.6 Å². The summed E-state index contributed by atoms with van der Waals surface area (Å²) in [6.07, 6.45) is 3.52. The molecule has 1 saturated carbocycles. The van der Waals surface area contributed by atoms with E-state index in [1.807, 2.05) is 24.3 Å². The number of fused-ring (bicyclic) bond motifs is 3. The zero-order valence-corrected chi connectivity index (χ0v) is 18.6. The number of carbonyl (C=O) groups excluding carboxylic acids is 2. The molecule has 0 bridgehead atoms. The molecule has 0 spiro atoms. The molecule has 1 fully saturated rings. The molecule has 2 aliphatic carbocycles. The van der Waals surface area contributed by atoms with Crippen molar-refractivity contribution in [1.29, 1.82) is 0 Å². The molecule has 4 rings (SSSR count). The molecule has 3 N–H and O–H groups in total. The maximum absolute atomic E-state index is 12.2. The number of benzene rings is 2. The lowest BCUT2D eigenvalue weighted by Gasteiger charge is -2.15. The standard InChI is InChI=1S/C26H30N2O5/c29-24(28-23(25(30)31)15-17-12-13-17)11-5-6-14-27-26(32)33-16-22-20-9-3-1-7-18(20)19-8-2-4-10-21(19)22/h1-4,7-10,17,22-23H,5-6,11-16H2,(H,27,32)(H,28,29)(H,30,31). The number of amides is 2. The molecule has 0 heterocycles. The Balaban J connectivity index is 1.15. The fourth-order valence-electron chi connectivity index (χ4n) is 4.43. The van der Waals surface area contributed by atoms with Crippen LogP contribution in [0.1, 0.15) is 55.6 Å². The average molecular weight is 451 g/mol. The minimum atomic E-state index is -0.979. The molecular formula is C26H30N2O5. The Morgan fingerprint density at radius 1 is 0.970 bits per heavy atom. The van der Waals surface area contributed by atoms with Crippen LogP contribution in [0.15, 0.2) is 48.5 Å². The highest BCUT2D eigenvalue weighted by atomic mass is 16.5. The van der Waals surface area contributed by atoms with E-state index in [1.54, 1.807) is 0 Å². The van der Waals surface area contributed by atoms with Gasteiger partial charge in [0.2, 0.25) is 5.91 Å². The molecule has 174 valence electrons. The van der Waals surface area contributed by atoms with E-state index in [4.69, 9.17) is 4.74 Å². The second-order valence-electron chi connectivity index (χ2n) is 8.85. The van der Waals surface area contributed by atoms with Gasteiger partial charge in [-0.1, -0.05) is 61.4 Å². The summed E-state index contributed by atoms with van der Waals surface area (Å²) >= 11 is 0. The second-order valence-corrected chi connectivity index (χ2v) is 8.85. The molecule has 7 heteroatoms. The summed E-state index contributed by atoms with van der Waals surface area (Å²) in [7, 11) is 0. The number of carbonyl (C=O) groups is 3. The molecule has 0 radical (unpaired) electrons. The molecular weight excluding hydrogens is 420 g/mol. The van der Waals surface area contributed by atoms with Gasteiger partial charge in [-0.2, -0.15) is 0 Å². The topological polar surface area (TPSA) is 105 Å². The molecule has 0 saturated heterocycles. The van der Waals surface area contributed by atoms with E-state index in [-0.39, 0.29) is 24.9 Å². The van der Waals surface area contributed by atoms with Gasteiger partial charge in [-0.15, -0.1) is 0 Å². The Labute approximate surface area is 193 Å². The first-order valence-electron chi connectivity index (χ1n) is 11.6. The van der Waals surface area contributed by atoms with Crippen LogP contribution in [0.2, 0.25) is 0 Å². The summed E-state index contributed by atoms with van der Waals surface area (Å²) in [5.41, 5.74) is 4.70. The number of ether oxygens (including phenoxy) is 1. The van der Waals surface area contributed by atoms with Crippen molar-refractivity contribution in [1.82, 2.24) is 10.6 Å². The SMILES string of the molecule is O=C(CCCCNC(=O)OCC1c2ccccc2-c2ccccc21)NC(CC1CC1)C(=O)O. The van der Waals surface area contributed by atoms with Crippen molar-refractivity contribution in [2.45, 2.75) is 50.5 Å². The number of aliphatic carboxylic acids is 1. The molecule has 0 aromatic heterocycles.